The number of anilines is 2. The van der Waals surface area contributed by atoms with Crippen LogP contribution in [0.4, 0.5) is 10.8 Å². The van der Waals surface area contributed by atoms with Gasteiger partial charge in [0.2, 0.25) is 5.13 Å². The van der Waals surface area contributed by atoms with Gasteiger partial charge in [0.05, 0.1) is 12.2 Å². The molecule has 9 nitrogen and oxygen atoms in total. The lowest BCUT2D eigenvalue weighted by molar-refractivity contribution is -0.119. The fraction of sp³-hybridized carbons (Fsp3) is 0.286. The highest BCUT2D eigenvalue weighted by Gasteiger charge is 2.21. The molecule has 0 aliphatic carbocycles. The summed E-state index contributed by atoms with van der Waals surface area (Å²) in [6.07, 6.45) is 3.37. The summed E-state index contributed by atoms with van der Waals surface area (Å²) in [7, 11) is 2.06. The largest absolute Gasteiger partial charge is 0.304 e. The number of nitrogens with zero attached hydrogens (tertiary/aromatic N) is 6. The van der Waals surface area contributed by atoms with Crippen LogP contribution in [0.3, 0.4) is 0 Å². The molecule has 1 fully saturated rings. The summed E-state index contributed by atoms with van der Waals surface area (Å²) in [5, 5.41) is 11.9. The number of likely N-dealkylation sites (N-methyl/N-ethyl adjacent to an activating group) is 1. The highest BCUT2D eigenvalue weighted by molar-refractivity contribution is 7.18. The molecule has 1 aromatic carbocycles. The first kappa shape index (κ1) is 25.0. The minimum atomic E-state index is -0.324. The highest BCUT2D eigenvalue weighted by atomic mass is 35.5. The van der Waals surface area contributed by atoms with Crippen LogP contribution in [0.25, 0.3) is 10.6 Å². The minimum absolute atomic E-state index is 0. The molecular weight excluding hydrogens is 485 g/mol. The first-order valence-electron chi connectivity index (χ1n) is 10.0. The van der Waals surface area contributed by atoms with E-state index < -0.39 is 0 Å². The molecule has 1 aliphatic heterocycles. The van der Waals surface area contributed by atoms with Crippen LogP contribution >= 0.6 is 35.5 Å². The summed E-state index contributed by atoms with van der Waals surface area (Å²) in [4.78, 5) is 33.4. The van der Waals surface area contributed by atoms with E-state index in [4.69, 9.17) is 11.8 Å². The summed E-state index contributed by atoms with van der Waals surface area (Å²) in [5.74, 6) is -0.527. The molecule has 3 heterocycles. The van der Waals surface area contributed by atoms with E-state index >= 15 is 0 Å². The van der Waals surface area contributed by atoms with Crippen LogP contribution in [0.2, 0.25) is 0 Å². The van der Waals surface area contributed by atoms with E-state index in [2.05, 4.69) is 37.3 Å². The van der Waals surface area contributed by atoms with Crippen molar-refractivity contribution in [1.29, 1.82) is 0 Å². The van der Waals surface area contributed by atoms with Crippen molar-refractivity contribution in [2.24, 2.45) is 0 Å². The summed E-state index contributed by atoms with van der Waals surface area (Å²) >= 11 is 7.51. The summed E-state index contributed by atoms with van der Waals surface area (Å²) in [5.41, 5.74) is 1.76. The molecule has 1 saturated heterocycles. The van der Waals surface area contributed by atoms with Crippen molar-refractivity contribution >= 4 is 58.2 Å². The van der Waals surface area contributed by atoms with E-state index in [-0.39, 0.29) is 30.8 Å². The molecule has 2 amide bonds. The lowest BCUT2D eigenvalue weighted by Crippen LogP contribution is -2.47. The van der Waals surface area contributed by atoms with Gasteiger partial charge in [0, 0.05) is 61.5 Å². The molecule has 12 heteroatoms. The normalized spacial score (nSPS) is 14.4. The average Bonchev–Trinajstić information content (AvgIpc) is 3.29. The van der Waals surface area contributed by atoms with Crippen LogP contribution in [0.15, 0.2) is 48.8 Å². The number of hydrogen-bond acceptors (Lipinski definition) is 8. The summed E-state index contributed by atoms with van der Waals surface area (Å²) < 4.78 is 1.10. The third-order valence-corrected chi connectivity index (χ3v) is 6.36. The maximum atomic E-state index is 12.6. The van der Waals surface area contributed by atoms with Crippen molar-refractivity contribution < 1.29 is 9.59 Å². The number of halogens is 2. The standard InChI is InChI=1S/C21H22ClN7O2S.ClH/c1-27-9-11-28(12-10-27)14-18(30)29(22)17-6-4-15(5-7-17)19(31)24-21-26-25-20(32-21)16-3-2-8-23-13-16;/h2-8,13H,9-12,14H2,1H3,(H,24,26,31);1H. The van der Waals surface area contributed by atoms with Gasteiger partial charge in [0.15, 0.2) is 5.01 Å². The number of benzene rings is 1. The average molecular weight is 508 g/mol. The van der Waals surface area contributed by atoms with Gasteiger partial charge in [0.1, 0.15) is 0 Å². The van der Waals surface area contributed by atoms with Gasteiger partial charge >= 0.3 is 0 Å². The summed E-state index contributed by atoms with van der Waals surface area (Å²) in [6.45, 7) is 3.78. The van der Waals surface area contributed by atoms with Crippen LogP contribution in [0, 0.1) is 0 Å². The number of carbonyl (C=O) groups is 2. The Morgan fingerprint density at radius 1 is 1.12 bits per heavy atom. The zero-order valence-corrected chi connectivity index (χ0v) is 20.2. The van der Waals surface area contributed by atoms with Gasteiger partial charge in [-0.25, -0.2) is 4.42 Å². The van der Waals surface area contributed by atoms with Crippen molar-refractivity contribution in [3.05, 3.63) is 54.4 Å². The number of pyridine rings is 1. The highest BCUT2D eigenvalue weighted by Crippen LogP contribution is 2.26. The van der Waals surface area contributed by atoms with Crippen molar-refractivity contribution in [3.8, 4) is 10.6 Å². The van der Waals surface area contributed by atoms with Gasteiger partial charge in [-0.15, -0.1) is 22.6 Å². The Labute approximate surface area is 206 Å². The third-order valence-electron chi connectivity index (χ3n) is 5.08. The van der Waals surface area contributed by atoms with E-state index in [1.165, 1.54) is 11.3 Å². The van der Waals surface area contributed by atoms with Gasteiger partial charge in [-0.1, -0.05) is 11.3 Å². The predicted molar refractivity (Wildman–Crippen MR) is 132 cm³/mol. The Morgan fingerprint density at radius 3 is 2.52 bits per heavy atom. The van der Waals surface area contributed by atoms with E-state index in [9.17, 15) is 9.59 Å². The minimum Gasteiger partial charge on any atom is -0.304 e. The zero-order valence-electron chi connectivity index (χ0n) is 17.8. The van der Waals surface area contributed by atoms with Gasteiger partial charge in [-0.05, 0) is 43.4 Å². The first-order valence-corrected chi connectivity index (χ1v) is 11.2. The van der Waals surface area contributed by atoms with Crippen molar-refractivity contribution in [1.82, 2.24) is 25.0 Å². The quantitative estimate of drug-likeness (QED) is 0.512. The number of aromatic nitrogens is 3. The summed E-state index contributed by atoms with van der Waals surface area (Å²) in [6, 6.07) is 10.2. The Bertz CT molecular complexity index is 1070. The molecular formula is C21H23Cl2N7O2S. The third kappa shape index (κ3) is 6.46. The Kier molecular flexibility index (Phi) is 8.70. The SMILES string of the molecule is CN1CCN(CC(=O)N(Cl)c2ccc(C(=O)Nc3nnc(-c4cccnc4)s3)cc2)CC1.Cl. The molecule has 0 radical (unpaired) electrons. The Morgan fingerprint density at radius 2 is 1.85 bits per heavy atom. The van der Waals surface area contributed by atoms with Crippen LogP contribution in [0.5, 0.6) is 0 Å². The number of carbonyl (C=O) groups excluding carboxylic acids is 2. The van der Waals surface area contributed by atoms with Crippen molar-refractivity contribution in [3.63, 3.8) is 0 Å². The zero-order chi connectivity index (χ0) is 22.5. The molecule has 33 heavy (non-hydrogen) atoms. The molecule has 1 N–H and O–H groups in total. The second-order valence-electron chi connectivity index (χ2n) is 7.41. The Hall–Kier alpha value is -2.63. The molecule has 174 valence electrons. The van der Waals surface area contributed by atoms with Gasteiger partial charge in [-0.3, -0.25) is 24.8 Å². The van der Waals surface area contributed by atoms with Crippen LogP contribution in [-0.4, -0.2) is 76.6 Å². The molecule has 0 saturated carbocycles. The Balaban J connectivity index is 0.00000306. The molecule has 2 aromatic heterocycles. The smallest absolute Gasteiger partial charge is 0.257 e. The lowest BCUT2D eigenvalue weighted by atomic mass is 10.2. The fourth-order valence-electron chi connectivity index (χ4n) is 3.20. The van der Waals surface area contributed by atoms with Crippen molar-refractivity contribution in [2.45, 2.75) is 0 Å². The maximum absolute atomic E-state index is 12.6. The van der Waals surface area contributed by atoms with E-state index in [1.807, 2.05) is 12.1 Å². The van der Waals surface area contributed by atoms with E-state index in [0.29, 0.717) is 21.4 Å². The molecule has 0 bridgehead atoms. The number of piperazine rings is 1. The maximum Gasteiger partial charge on any atom is 0.257 e. The number of rotatable bonds is 6. The topological polar surface area (TPSA) is 94.6 Å². The monoisotopic (exact) mass is 507 g/mol. The molecule has 0 unspecified atom stereocenters. The first-order chi connectivity index (χ1) is 15.5. The molecule has 3 aromatic rings. The second kappa shape index (κ2) is 11.5. The molecule has 0 spiro atoms. The van der Waals surface area contributed by atoms with Gasteiger partial charge in [-0.2, -0.15) is 0 Å². The molecule has 0 atom stereocenters. The van der Waals surface area contributed by atoms with Gasteiger partial charge < -0.3 is 4.90 Å². The molecule has 1 aliphatic rings. The lowest BCUT2D eigenvalue weighted by Gasteiger charge is -2.32. The number of hydrogen-bond donors (Lipinski definition) is 1. The predicted octanol–water partition coefficient (Wildman–Crippen LogP) is 3.01. The van der Waals surface area contributed by atoms with Crippen LogP contribution < -0.4 is 9.74 Å². The number of amides is 2. The number of nitrogens with one attached hydrogen (secondary N) is 1. The van der Waals surface area contributed by atoms with Crippen molar-refractivity contribution in [2.75, 3.05) is 49.5 Å². The van der Waals surface area contributed by atoms with Crippen LogP contribution in [-0.2, 0) is 4.79 Å². The van der Waals surface area contributed by atoms with E-state index in [0.717, 1.165) is 36.2 Å². The van der Waals surface area contributed by atoms with E-state index in [1.54, 1.807) is 36.7 Å². The molecule has 4 rings (SSSR count). The van der Waals surface area contributed by atoms with Gasteiger partial charge in [0.25, 0.3) is 11.8 Å². The second-order valence-corrected chi connectivity index (χ2v) is 8.72. The fourth-order valence-corrected chi connectivity index (χ4v) is 4.09. The van der Waals surface area contributed by atoms with Crippen LogP contribution in [0.1, 0.15) is 10.4 Å².